The van der Waals surface area contributed by atoms with Crippen molar-refractivity contribution in [3.05, 3.63) is 24.3 Å². The van der Waals surface area contributed by atoms with Crippen molar-refractivity contribution in [2.75, 3.05) is 0 Å². The van der Waals surface area contributed by atoms with Gasteiger partial charge >= 0.3 is 0 Å². The molecule has 2 rings (SSSR count). The molecule has 0 saturated heterocycles. The Balaban J connectivity index is 1.97. The molecule has 2 aliphatic rings. The van der Waals surface area contributed by atoms with Crippen LogP contribution in [0, 0.1) is 11.8 Å². The van der Waals surface area contributed by atoms with Gasteiger partial charge in [0.25, 0.3) is 0 Å². The molecule has 0 saturated carbocycles. The van der Waals surface area contributed by atoms with Gasteiger partial charge in [0, 0.05) is 0 Å². The fourth-order valence-corrected chi connectivity index (χ4v) is 2.39. The highest BCUT2D eigenvalue weighted by Gasteiger charge is 2.18. The fraction of sp³-hybridized carbons (Fsp3) is 0.667. The Bertz CT molecular complexity index is 166. The minimum Gasteiger partial charge on any atom is -0.0882 e. The normalized spacial score (nSPS) is 35.3. The highest BCUT2D eigenvalue weighted by Crippen LogP contribution is 2.31. The Kier molecular flexibility index (Phi) is 2.65. The molecule has 0 nitrogen and oxygen atoms in total. The second-order valence-corrected chi connectivity index (χ2v) is 4.05. The maximum Gasteiger partial charge on any atom is -0.0170 e. The predicted molar refractivity (Wildman–Crippen MR) is 53.0 cm³/mol. The number of allylic oxidation sites excluding steroid dienone is 4. The van der Waals surface area contributed by atoms with E-state index in [9.17, 15) is 0 Å². The molecule has 0 aromatic carbocycles. The molecular weight excluding hydrogens is 144 g/mol. The Hall–Kier alpha value is -0.520. The van der Waals surface area contributed by atoms with E-state index < -0.39 is 0 Å². The lowest BCUT2D eigenvalue weighted by molar-refractivity contribution is 0.382. The summed E-state index contributed by atoms with van der Waals surface area (Å²) in [5, 5.41) is 0. The highest BCUT2D eigenvalue weighted by atomic mass is 14.2. The topological polar surface area (TPSA) is 0 Å². The van der Waals surface area contributed by atoms with E-state index in [1.54, 1.807) is 0 Å². The summed E-state index contributed by atoms with van der Waals surface area (Å²) >= 11 is 0. The van der Waals surface area contributed by atoms with Gasteiger partial charge in [0.1, 0.15) is 0 Å². The molecule has 0 aromatic heterocycles. The summed E-state index contributed by atoms with van der Waals surface area (Å²) in [6, 6.07) is 0. The maximum absolute atomic E-state index is 2.45. The average molecular weight is 162 g/mol. The molecule has 0 unspecified atom stereocenters. The third-order valence-electron chi connectivity index (χ3n) is 3.13. The van der Waals surface area contributed by atoms with Crippen molar-refractivity contribution in [2.24, 2.45) is 11.8 Å². The van der Waals surface area contributed by atoms with Gasteiger partial charge in [-0.25, -0.2) is 0 Å². The maximum atomic E-state index is 2.45. The molecule has 0 bridgehead atoms. The molecule has 2 atom stereocenters. The zero-order chi connectivity index (χ0) is 8.23. The molecule has 0 fully saturated rings. The summed E-state index contributed by atoms with van der Waals surface area (Å²) in [7, 11) is 0. The van der Waals surface area contributed by atoms with Crippen molar-refractivity contribution in [1.29, 1.82) is 0 Å². The van der Waals surface area contributed by atoms with Crippen molar-refractivity contribution in [1.82, 2.24) is 0 Å². The van der Waals surface area contributed by atoms with E-state index in [1.807, 2.05) is 0 Å². The van der Waals surface area contributed by atoms with Crippen molar-refractivity contribution >= 4 is 0 Å². The second-order valence-electron chi connectivity index (χ2n) is 4.05. The van der Waals surface area contributed by atoms with Crippen LogP contribution < -0.4 is 0 Å². The van der Waals surface area contributed by atoms with E-state index in [-0.39, 0.29) is 0 Å². The van der Waals surface area contributed by atoms with Gasteiger partial charge < -0.3 is 0 Å². The van der Waals surface area contributed by atoms with Gasteiger partial charge in [0.2, 0.25) is 0 Å². The molecule has 0 aliphatic heterocycles. The van der Waals surface area contributed by atoms with Crippen molar-refractivity contribution in [3.8, 4) is 0 Å². The van der Waals surface area contributed by atoms with Crippen LogP contribution in [0.3, 0.4) is 0 Å². The quantitative estimate of drug-likeness (QED) is 0.516. The van der Waals surface area contributed by atoms with Gasteiger partial charge in [-0.05, 0) is 50.4 Å². The molecular formula is C12H18. The first kappa shape index (κ1) is 8.10. The number of hydrogen-bond donors (Lipinski definition) is 0. The van der Waals surface area contributed by atoms with Crippen LogP contribution in [-0.2, 0) is 0 Å². The summed E-state index contributed by atoms with van der Waals surface area (Å²) in [6.45, 7) is 0. The Labute approximate surface area is 75.4 Å². The molecule has 0 heterocycles. The standard InChI is InChI=1S/C12H18/c1-3-7-11(8-4-1)12-9-5-2-6-10-12/h3,5,7,9,11-12H,1-2,4,6,8,10H2/t11-,12-/m1/s1. The third-order valence-corrected chi connectivity index (χ3v) is 3.13. The molecule has 0 radical (unpaired) electrons. The van der Waals surface area contributed by atoms with Gasteiger partial charge in [-0.15, -0.1) is 0 Å². The van der Waals surface area contributed by atoms with Gasteiger partial charge in [0.05, 0.1) is 0 Å². The second kappa shape index (κ2) is 3.93. The van der Waals surface area contributed by atoms with Gasteiger partial charge in [0.15, 0.2) is 0 Å². The summed E-state index contributed by atoms with van der Waals surface area (Å²) < 4.78 is 0. The van der Waals surface area contributed by atoms with E-state index in [0.717, 1.165) is 11.8 Å². The molecule has 0 heteroatoms. The zero-order valence-electron chi connectivity index (χ0n) is 7.71. The molecule has 0 aromatic rings. The van der Waals surface area contributed by atoms with E-state index in [0.29, 0.717) is 0 Å². The molecule has 0 amide bonds. The van der Waals surface area contributed by atoms with Gasteiger partial charge in [-0.3, -0.25) is 0 Å². The summed E-state index contributed by atoms with van der Waals surface area (Å²) in [5.74, 6) is 1.74. The van der Waals surface area contributed by atoms with E-state index in [2.05, 4.69) is 24.3 Å². The van der Waals surface area contributed by atoms with Crippen LogP contribution in [0.4, 0.5) is 0 Å². The predicted octanol–water partition coefficient (Wildman–Crippen LogP) is 3.70. The van der Waals surface area contributed by atoms with Gasteiger partial charge in [-0.1, -0.05) is 24.3 Å². The first-order chi connectivity index (χ1) is 5.97. The lowest BCUT2D eigenvalue weighted by Gasteiger charge is -2.26. The van der Waals surface area contributed by atoms with Crippen LogP contribution in [0.25, 0.3) is 0 Å². The largest absolute Gasteiger partial charge is 0.0882 e. The highest BCUT2D eigenvalue weighted by molar-refractivity contribution is 5.03. The van der Waals surface area contributed by atoms with E-state index in [1.165, 1.54) is 38.5 Å². The van der Waals surface area contributed by atoms with Gasteiger partial charge in [-0.2, -0.15) is 0 Å². The lowest BCUT2D eigenvalue weighted by atomic mass is 9.79. The number of rotatable bonds is 1. The summed E-state index contributed by atoms with van der Waals surface area (Å²) in [6.07, 6.45) is 17.9. The monoisotopic (exact) mass is 162 g/mol. The Morgan fingerprint density at radius 2 is 1.25 bits per heavy atom. The Morgan fingerprint density at radius 3 is 1.58 bits per heavy atom. The smallest absolute Gasteiger partial charge is 0.0170 e. The van der Waals surface area contributed by atoms with Crippen molar-refractivity contribution in [3.63, 3.8) is 0 Å². The van der Waals surface area contributed by atoms with Crippen LogP contribution >= 0.6 is 0 Å². The van der Waals surface area contributed by atoms with Crippen molar-refractivity contribution < 1.29 is 0 Å². The fourth-order valence-electron chi connectivity index (χ4n) is 2.39. The van der Waals surface area contributed by atoms with Crippen LogP contribution in [0.15, 0.2) is 24.3 Å². The SMILES string of the molecule is C1=C[C@@H]([C@@H]2C=CCCC2)CCC1. The molecule has 0 N–H and O–H groups in total. The first-order valence-electron chi connectivity index (χ1n) is 5.30. The molecule has 12 heavy (non-hydrogen) atoms. The van der Waals surface area contributed by atoms with Crippen LogP contribution in [0.2, 0.25) is 0 Å². The Morgan fingerprint density at radius 1 is 0.750 bits per heavy atom. The van der Waals surface area contributed by atoms with Crippen molar-refractivity contribution in [2.45, 2.75) is 38.5 Å². The minimum absolute atomic E-state index is 0.871. The molecule has 66 valence electrons. The zero-order valence-corrected chi connectivity index (χ0v) is 7.71. The third kappa shape index (κ3) is 1.80. The summed E-state index contributed by atoms with van der Waals surface area (Å²) in [5.41, 5.74) is 0. The molecule has 0 spiro atoms. The first-order valence-corrected chi connectivity index (χ1v) is 5.30. The summed E-state index contributed by atoms with van der Waals surface area (Å²) in [4.78, 5) is 0. The van der Waals surface area contributed by atoms with Crippen LogP contribution in [0.5, 0.6) is 0 Å². The van der Waals surface area contributed by atoms with E-state index >= 15 is 0 Å². The van der Waals surface area contributed by atoms with Crippen LogP contribution in [0.1, 0.15) is 38.5 Å². The van der Waals surface area contributed by atoms with Crippen LogP contribution in [-0.4, -0.2) is 0 Å². The molecule has 2 aliphatic carbocycles. The minimum atomic E-state index is 0.871. The lowest BCUT2D eigenvalue weighted by Crippen LogP contribution is -2.14. The van der Waals surface area contributed by atoms with E-state index in [4.69, 9.17) is 0 Å². The average Bonchev–Trinajstić information content (AvgIpc) is 2.21. The number of hydrogen-bond acceptors (Lipinski definition) is 0.